The fourth-order valence-electron chi connectivity index (χ4n) is 4.87. The van der Waals surface area contributed by atoms with E-state index in [2.05, 4.69) is 9.88 Å². The molecule has 2 aliphatic rings. The minimum Gasteiger partial charge on any atom is -0.467 e. The van der Waals surface area contributed by atoms with Gasteiger partial charge in [-0.15, -0.1) is 0 Å². The number of piperidine rings is 2. The first-order chi connectivity index (χ1) is 16.4. The third kappa shape index (κ3) is 5.62. The molecule has 0 atom stereocenters. The minimum absolute atomic E-state index is 0.0270. The number of hydrogen-bond donors (Lipinski definition) is 0. The van der Waals surface area contributed by atoms with Gasteiger partial charge in [0, 0.05) is 62.5 Å². The van der Waals surface area contributed by atoms with Crippen LogP contribution in [0.15, 0.2) is 40.7 Å². The van der Waals surface area contributed by atoms with E-state index in [0.717, 1.165) is 57.1 Å². The summed E-state index contributed by atoms with van der Waals surface area (Å²) in [6.07, 6.45) is 5.92. The molecule has 0 N–H and O–H groups in total. The number of carbonyl (C=O) groups is 1. The van der Waals surface area contributed by atoms with Crippen LogP contribution >= 0.6 is 11.3 Å². The lowest BCUT2D eigenvalue weighted by Crippen LogP contribution is -2.50. The van der Waals surface area contributed by atoms with E-state index in [1.165, 1.54) is 15.6 Å². The average molecular weight is 507 g/mol. The Bertz CT molecular complexity index is 1020. The maximum absolute atomic E-state index is 13.0. The molecule has 1 aromatic carbocycles. The number of hydrogen-bond acceptors (Lipinski definition) is 7. The second kappa shape index (κ2) is 11.2. The van der Waals surface area contributed by atoms with E-state index in [0.29, 0.717) is 24.7 Å². The summed E-state index contributed by atoms with van der Waals surface area (Å²) in [7, 11) is -3.52. The standard InChI is InChI=1S/C24H34N4O4S2/c1-3-28(4-2)34(30,31)22-7-5-19(6-8-22)23(29)27-14-9-20(10-15-27)26-16-11-21(12-17-26)32-24-25-13-18-33-24/h5-8,13,18,20-21H,3-4,9-12,14-17H2,1-2H3. The number of amides is 1. The van der Waals surface area contributed by atoms with Gasteiger partial charge in [-0.05, 0) is 49.9 Å². The molecule has 0 aliphatic carbocycles. The lowest BCUT2D eigenvalue weighted by atomic mass is 9.98. The molecule has 4 rings (SSSR count). The van der Waals surface area contributed by atoms with E-state index < -0.39 is 10.0 Å². The molecule has 8 nitrogen and oxygen atoms in total. The Morgan fingerprint density at radius 1 is 1.06 bits per heavy atom. The summed E-state index contributed by atoms with van der Waals surface area (Å²) < 4.78 is 32.7. The predicted octanol–water partition coefficient (Wildman–Crippen LogP) is 3.32. The van der Waals surface area contributed by atoms with Gasteiger partial charge >= 0.3 is 0 Å². The van der Waals surface area contributed by atoms with Crippen molar-refractivity contribution in [2.45, 2.75) is 56.6 Å². The number of nitrogens with zero attached hydrogens (tertiary/aromatic N) is 4. The van der Waals surface area contributed by atoms with Crippen molar-refractivity contribution in [3.8, 4) is 5.19 Å². The number of thiazole rings is 1. The number of likely N-dealkylation sites (tertiary alicyclic amines) is 2. The SMILES string of the molecule is CCN(CC)S(=O)(=O)c1ccc(C(=O)N2CCC(N3CCC(Oc4nccs4)CC3)CC2)cc1. The van der Waals surface area contributed by atoms with Gasteiger partial charge < -0.3 is 9.64 Å². The van der Waals surface area contributed by atoms with E-state index in [4.69, 9.17) is 4.74 Å². The Hall–Kier alpha value is -2.01. The van der Waals surface area contributed by atoms with Crippen LogP contribution in [0, 0.1) is 0 Å². The molecule has 186 valence electrons. The largest absolute Gasteiger partial charge is 0.467 e. The van der Waals surface area contributed by atoms with Crippen LogP contribution in [-0.2, 0) is 10.0 Å². The molecular formula is C24H34N4O4S2. The molecule has 2 fully saturated rings. The fraction of sp³-hybridized carbons (Fsp3) is 0.583. The minimum atomic E-state index is -3.52. The molecule has 0 bridgehead atoms. The van der Waals surface area contributed by atoms with Gasteiger partial charge in [0.15, 0.2) is 0 Å². The zero-order valence-electron chi connectivity index (χ0n) is 19.9. The molecule has 0 unspecified atom stereocenters. The fourth-order valence-corrected chi connectivity index (χ4v) is 6.88. The highest BCUT2D eigenvalue weighted by atomic mass is 32.2. The highest BCUT2D eigenvalue weighted by Gasteiger charge is 2.31. The van der Waals surface area contributed by atoms with Crippen molar-refractivity contribution >= 4 is 27.3 Å². The van der Waals surface area contributed by atoms with Gasteiger partial charge in [-0.1, -0.05) is 25.2 Å². The van der Waals surface area contributed by atoms with Crippen LogP contribution < -0.4 is 4.74 Å². The van der Waals surface area contributed by atoms with Crippen LogP contribution in [0.3, 0.4) is 0 Å². The van der Waals surface area contributed by atoms with Gasteiger partial charge in [0.1, 0.15) is 6.10 Å². The smallest absolute Gasteiger partial charge is 0.273 e. The van der Waals surface area contributed by atoms with Gasteiger partial charge in [-0.2, -0.15) is 4.31 Å². The average Bonchev–Trinajstić information content (AvgIpc) is 3.38. The van der Waals surface area contributed by atoms with Crippen molar-refractivity contribution in [2.75, 3.05) is 39.3 Å². The third-order valence-corrected chi connectivity index (χ3v) is 9.59. The Kier molecular flexibility index (Phi) is 8.23. The number of ether oxygens (including phenoxy) is 1. The summed E-state index contributed by atoms with van der Waals surface area (Å²) in [6, 6.07) is 6.86. The Balaban J connectivity index is 1.27. The summed E-state index contributed by atoms with van der Waals surface area (Å²) in [5.41, 5.74) is 0.539. The highest BCUT2D eigenvalue weighted by molar-refractivity contribution is 7.89. The third-order valence-electron chi connectivity index (χ3n) is 6.87. The first kappa shape index (κ1) is 25.1. The number of rotatable bonds is 8. The molecule has 0 saturated carbocycles. The highest BCUT2D eigenvalue weighted by Crippen LogP contribution is 2.25. The molecular weight excluding hydrogens is 472 g/mol. The Labute approximate surface area is 206 Å². The van der Waals surface area contributed by atoms with Crippen molar-refractivity contribution < 1.29 is 17.9 Å². The lowest BCUT2D eigenvalue weighted by Gasteiger charge is -2.41. The molecule has 2 aliphatic heterocycles. The Morgan fingerprint density at radius 3 is 2.26 bits per heavy atom. The van der Waals surface area contributed by atoms with Gasteiger partial charge in [-0.25, -0.2) is 13.4 Å². The van der Waals surface area contributed by atoms with Crippen LogP contribution in [0.25, 0.3) is 0 Å². The summed E-state index contributed by atoms with van der Waals surface area (Å²) in [5.74, 6) is -0.0270. The second-order valence-electron chi connectivity index (χ2n) is 8.79. The maximum Gasteiger partial charge on any atom is 0.273 e. The molecule has 2 saturated heterocycles. The predicted molar refractivity (Wildman–Crippen MR) is 133 cm³/mol. The molecule has 0 radical (unpaired) electrons. The van der Waals surface area contributed by atoms with Crippen molar-refractivity contribution in [2.24, 2.45) is 0 Å². The lowest BCUT2D eigenvalue weighted by molar-refractivity contribution is 0.0425. The van der Waals surface area contributed by atoms with Crippen LogP contribution in [0.4, 0.5) is 0 Å². The van der Waals surface area contributed by atoms with E-state index in [1.54, 1.807) is 30.5 Å². The quantitative estimate of drug-likeness (QED) is 0.546. The first-order valence-electron chi connectivity index (χ1n) is 12.1. The summed E-state index contributed by atoms with van der Waals surface area (Å²) in [5, 5.41) is 2.69. The molecule has 2 aromatic rings. The van der Waals surface area contributed by atoms with E-state index in [1.807, 2.05) is 24.1 Å². The maximum atomic E-state index is 13.0. The summed E-state index contributed by atoms with van der Waals surface area (Å²) >= 11 is 1.54. The number of carbonyl (C=O) groups excluding carboxylic acids is 1. The van der Waals surface area contributed by atoms with E-state index in [-0.39, 0.29) is 16.9 Å². The molecule has 3 heterocycles. The van der Waals surface area contributed by atoms with Crippen molar-refractivity contribution in [1.82, 2.24) is 19.1 Å². The van der Waals surface area contributed by atoms with Crippen molar-refractivity contribution in [1.29, 1.82) is 0 Å². The molecule has 10 heteroatoms. The van der Waals surface area contributed by atoms with E-state index >= 15 is 0 Å². The summed E-state index contributed by atoms with van der Waals surface area (Å²) in [4.78, 5) is 21.9. The van der Waals surface area contributed by atoms with Crippen LogP contribution in [0.5, 0.6) is 5.19 Å². The molecule has 1 amide bonds. The van der Waals surface area contributed by atoms with Crippen molar-refractivity contribution in [3.63, 3.8) is 0 Å². The summed E-state index contributed by atoms with van der Waals surface area (Å²) in [6.45, 7) is 7.95. The normalized spacial score (nSPS) is 19.0. The molecule has 34 heavy (non-hydrogen) atoms. The molecule has 1 aromatic heterocycles. The van der Waals surface area contributed by atoms with Crippen LogP contribution in [0.1, 0.15) is 49.9 Å². The number of sulfonamides is 1. The van der Waals surface area contributed by atoms with Gasteiger partial charge in [0.25, 0.3) is 11.1 Å². The van der Waals surface area contributed by atoms with Crippen LogP contribution in [0.2, 0.25) is 0 Å². The monoisotopic (exact) mass is 506 g/mol. The van der Waals surface area contributed by atoms with E-state index in [9.17, 15) is 13.2 Å². The number of aromatic nitrogens is 1. The first-order valence-corrected chi connectivity index (χ1v) is 14.4. The van der Waals surface area contributed by atoms with Gasteiger partial charge in [0.05, 0.1) is 4.90 Å². The Morgan fingerprint density at radius 2 is 1.71 bits per heavy atom. The van der Waals surface area contributed by atoms with Gasteiger partial charge in [-0.3, -0.25) is 9.69 Å². The number of benzene rings is 1. The molecule has 0 spiro atoms. The van der Waals surface area contributed by atoms with Gasteiger partial charge in [0.2, 0.25) is 10.0 Å². The van der Waals surface area contributed by atoms with Crippen LogP contribution in [-0.4, -0.2) is 84.8 Å². The zero-order chi connectivity index (χ0) is 24.1. The zero-order valence-corrected chi connectivity index (χ0v) is 21.6. The van der Waals surface area contributed by atoms with Crippen molar-refractivity contribution in [3.05, 3.63) is 41.4 Å². The topological polar surface area (TPSA) is 83.1 Å². The second-order valence-corrected chi connectivity index (χ2v) is 11.6.